The number of rotatable bonds is 4. The normalized spacial score (nSPS) is 25.0. The maximum atomic E-state index is 9.73. The minimum Gasteiger partial charge on any atom is -0.387 e. The quantitative estimate of drug-likeness (QED) is 0.407. The Kier molecular flexibility index (Phi) is 13.1. The van der Waals surface area contributed by atoms with Crippen LogP contribution in [0.15, 0.2) is 60.7 Å². The van der Waals surface area contributed by atoms with E-state index in [2.05, 4.69) is 47.9 Å². The van der Waals surface area contributed by atoms with Gasteiger partial charge in [-0.2, -0.15) is 0 Å². The number of hydrogen-bond acceptors (Lipinski definition) is 5. The van der Waals surface area contributed by atoms with Crippen molar-refractivity contribution < 1.29 is 9.63 Å². The summed E-state index contributed by atoms with van der Waals surface area (Å²) in [5, 5.41) is 12.7. The molecule has 1 aliphatic heterocycles. The molecule has 0 aliphatic carbocycles. The first kappa shape index (κ1) is 30.2. The summed E-state index contributed by atoms with van der Waals surface area (Å²) < 4.78 is 6.36. The van der Waals surface area contributed by atoms with Crippen LogP contribution in [0.3, 0.4) is 0 Å². The molecule has 0 bridgehead atoms. The summed E-state index contributed by atoms with van der Waals surface area (Å²) in [6.07, 6.45) is -2.03. The van der Waals surface area contributed by atoms with E-state index in [1.807, 2.05) is 69.2 Å². The van der Waals surface area contributed by atoms with Gasteiger partial charge in [-0.1, -0.05) is 107 Å². The highest BCUT2D eigenvalue weighted by molar-refractivity contribution is 8.38. The maximum absolute atomic E-state index is 9.73. The van der Waals surface area contributed by atoms with E-state index in [0.29, 0.717) is 6.04 Å². The second kappa shape index (κ2) is 13.9. The molecule has 2 aromatic carbocycles. The number of aliphatic hydroxyl groups excluding tert-OH is 1. The Bertz CT molecular complexity index is 895. The Balaban J connectivity index is 0.000000270. The van der Waals surface area contributed by atoms with E-state index in [0.717, 1.165) is 5.56 Å². The van der Waals surface area contributed by atoms with Crippen molar-refractivity contribution in [3.05, 3.63) is 71.8 Å². The zero-order valence-electron chi connectivity index (χ0n) is 19.4. The van der Waals surface area contributed by atoms with E-state index in [4.69, 9.17) is 38.8 Å². The zero-order valence-corrected chi connectivity index (χ0v) is 24.3. The van der Waals surface area contributed by atoms with Crippen LogP contribution < -0.4 is 5.32 Å². The largest absolute Gasteiger partial charge is 0.387 e. The Labute approximate surface area is 213 Å². The highest BCUT2D eigenvalue weighted by atomic mass is 35.9. The molecule has 0 radical (unpaired) electrons. The Hall–Kier alpha value is 0.160. The molecule has 0 aromatic heterocycles. The van der Waals surface area contributed by atoms with Crippen molar-refractivity contribution in [3.63, 3.8) is 0 Å². The van der Waals surface area contributed by atoms with Gasteiger partial charge in [0.1, 0.15) is 17.3 Å². The van der Waals surface area contributed by atoms with Crippen molar-refractivity contribution in [3.8, 4) is 0 Å². The number of halogens is 2. The molecule has 0 amide bonds. The van der Waals surface area contributed by atoms with Gasteiger partial charge >= 0.3 is 0 Å². The minimum atomic E-state index is -1.86. The number of nitrogens with zero attached hydrogens (tertiary/aromatic N) is 1. The highest BCUT2D eigenvalue weighted by Gasteiger charge is 2.39. The zero-order chi connectivity index (χ0) is 24.5. The third-order valence-corrected chi connectivity index (χ3v) is 8.27. The van der Waals surface area contributed by atoms with Gasteiger partial charge in [-0.05, 0) is 45.7 Å². The third kappa shape index (κ3) is 10.6. The Morgan fingerprint density at radius 3 is 1.94 bits per heavy atom. The summed E-state index contributed by atoms with van der Waals surface area (Å²) in [6, 6.07) is 20.4. The molecule has 1 heterocycles. The number of nitrogens with one attached hydrogen (secondary N) is 1. The van der Waals surface area contributed by atoms with Crippen LogP contribution in [0.5, 0.6) is 0 Å². The number of benzene rings is 2. The van der Waals surface area contributed by atoms with E-state index in [1.165, 1.54) is 5.56 Å². The fourth-order valence-corrected chi connectivity index (χ4v) is 5.35. The molecule has 10 heteroatoms. The standard InChI is InChI=1S/C11H16NOPS.C10H15NO.CH3Cl2PS/c1-9-11(10-7-5-4-6-8-10)13-14(3,15)12(9)2;1-8(11-2)10(12)9-6-4-3-5-7-9;1-4(2,3)5/h4-9,11H,1-3H3;3-8,10-12H,1-2H3;1H3. The van der Waals surface area contributed by atoms with E-state index in [-0.39, 0.29) is 12.1 Å². The molecule has 2 N–H and O–H groups in total. The van der Waals surface area contributed by atoms with Gasteiger partial charge in [0.15, 0.2) is 0 Å². The predicted octanol–water partition coefficient (Wildman–Crippen LogP) is 6.75. The molecule has 1 fully saturated rings. The van der Waals surface area contributed by atoms with Crippen LogP contribution in [-0.2, 0) is 28.1 Å². The third-order valence-electron chi connectivity index (χ3n) is 5.11. The second-order valence-electron chi connectivity index (χ2n) is 7.71. The molecular formula is C22H34Cl2N2O2P2S2. The predicted molar refractivity (Wildman–Crippen MR) is 150 cm³/mol. The van der Waals surface area contributed by atoms with Gasteiger partial charge in [0, 0.05) is 18.7 Å². The lowest BCUT2D eigenvalue weighted by molar-refractivity contribution is 0.140. The maximum Gasteiger partial charge on any atom is 0.129 e. The van der Waals surface area contributed by atoms with Crippen LogP contribution in [0.2, 0.25) is 0 Å². The molecule has 32 heavy (non-hydrogen) atoms. The fourth-order valence-electron chi connectivity index (χ4n) is 2.98. The summed E-state index contributed by atoms with van der Waals surface area (Å²) >= 11 is 20.4. The first-order chi connectivity index (χ1) is 14.8. The molecule has 3 rings (SSSR count). The first-order valence-electron chi connectivity index (χ1n) is 10.2. The van der Waals surface area contributed by atoms with Crippen LogP contribution in [-0.4, -0.2) is 49.3 Å². The summed E-state index contributed by atoms with van der Waals surface area (Å²) in [5.74, 6) is 0. The van der Waals surface area contributed by atoms with Crippen molar-refractivity contribution >= 4 is 57.3 Å². The summed E-state index contributed by atoms with van der Waals surface area (Å²) in [6.45, 7) is 7.82. The second-order valence-corrected chi connectivity index (χ2v) is 21.6. The van der Waals surface area contributed by atoms with E-state index in [9.17, 15) is 5.11 Å². The Morgan fingerprint density at radius 1 is 1.12 bits per heavy atom. The van der Waals surface area contributed by atoms with Crippen molar-refractivity contribution in [2.45, 2.75) is 38.1 Å². The molecule has 5 unspecified atom stereocenters. The molecule has 0 spiro atoms. The first-order valence-corrected chi connectivity index (χ1v) is 18.4. The van der Waals surface area contributed by atoms with Gasteiger partial charge in [0.2, 0.25) is 0 Å². The van der Waals surface area contributed by atoms with Gasteiger partial charge in [-0.15, -0.1) is 0 Å². The average Bonchev–Trinajstić information content (AvgIpc) is 2.96. The van der Waals surface area contributed by atoms with Gasteiger partial charge in [-0.3, -0.25) is 4.67 Å². The van der Waals surface area contributed by atoms with E-state index in [1.54, 1.807) is 6.66 Å². The van der Waals surface area contributed by atoms with Crippen molar-refractivity contribution in [1.29, 1.82) is 0 Å². The van der Waals surface area contributed by atoms with Crippen LogP contribution in [0, 0.1) is 0 Å². The van der Waals surface area contributed by atoms with Crippen LogP contribution >= 0.6 is 33.6 Å². The number of aliphatic hydroxyl groups is 1. The van der Waals surface area contributed by atoms with Gasteiger partial charge in [0.25, 0.3) is 0 Å². The minimum absolute atomic E-state index is 0.0902. The summed E-state index contributed by atoms with van der Waals surface area (Å²) in [5.41, 5.74) is 2.18. The lowest BCUT2D eigenvalue weighted by Gasteiger charge is -2.20. The topological polar surface area (TPSA) is 44.7 Å². The van der Waals surface area contributed by atoms with Gasteiger partial charge < -0.3 is 14.9 Å². The Morgan fingerprint density at radius 2 is 1.56 bits per heavy atom. The number of hydrogen-bond donors (Lipinski definition) is 2. The highest BCUT2D eigenvalue weighted by Crippen LogP contribution is 2.59. The molecular weight excluding hydrogens is 521 g/mol. The molecule has 1 saturated heterocycles. The summed E-state index contributed by atoms with van der Waals surface area (Å²) in [7, 11) is 3.91. The van der Waals surface area contributed by atoms with E-state index >= 15 is 0 Å². The number of likely N-dealkylation sites (N-methyl/N-ethyl adjacent to an activating group) is 2. The molecule has 2 aromatic rings. The van der Waals surface area contributed by atoms with E-state index < -0.39 is 17.3 Å². The van der Waals surface area contributed by atoms with Crippen LogP contribution in [0.1, 0.15) is 37.2 Å². The lowest BCUT2D eigenvalue weighted by Crippen LogP contribution is -2.28. The van der Waals surface area contributed by atoms with Gasteiger partial charge in [-0.25, -0.2) is 0 Å². The molecule has 1 aliphatic rings. The van der Waals surface area contributed by atoms with Crippen LogP contribution in [0.4, 0.5) is 0 Å². The monoisotopic (exact) mass is 554 g/mol. The smallest absolute Gasteiger partial charge is 0.129 e. The SMILES string of the molecule is CC1C(c2ccccc2)OP(C)(=S)N1C.CNC(C)C(O)c1ccccc1.CP(=S)(Cl)Cl. The van der Waals surface area contributed by atoms with Crippen LogP contribution in [0.25, 0.3) is 0 Å². The van der Waals surface area contributed by atoms with Crippen molar-refractivity contribution in [1.82, 2.24) is 9.99 Å². The van der Waals surface area contributed by atoms with Gasteiger partial charge in [0.05, 0.1) is 6.10 Å². The molecule has 5 atom stereocenters. The molecule has 180 valence electrons. The molecule has 0 saturated carbocycles. The average molecular weight is 556 g/mol. The fraction of sp³-hybridized carbons (Fsp3) is 0.455. The molecule has 4 nitrogen and oxygen atoms in total. The lowest BCUT2D eigenvalue weighted by atomic mass is 10.0. The van der Waals surface area contributed by atoms with Crippen molar-refractivity contribution in [2.24, 2.45) is 0 Å². The summed E-state index contributed by atoms with van der Waals surface area (Å²) in [4.78, 5) is 0. The van der Waals surface area contributed by atoms with Crippen molar-refractivity contribution in [2.75, 3.05) is 27.4 Å².